The predicted octanol–water partition coefficient (Wildman–Crippen LogP) is -0.0428. The number of halogens is 3. The van der Waals surface area contributed by atoms with E-state index in [0.717, 1.165) is 31.4 Å². The van der Waals surface area contributed by atoms with Crippen LogP contribution in [-0.2, 0) is 0 Å². The zero-order valence-electron chi connectivity index (χ0n) is 9.23. The molecule has 0 fully saturated rings. The molecule has 16 heavy (non-hydrogen) atoms. The Balaban J connectivity index is 0. The summed E-state index contributed by atoms with van der Waals surface area (Å²) < 4.78 is 30.3. The number of benzene rings is 1. The molecule has 0 aromatic heterocycles. The number of unbranched alkanes of at least 4 members (excludes halogenated alkanes) is 2. The Kier molecular flexibility index (Phi) is 11.9. The topological polar surface area (TPSA) is 9.23 Å². The molecule has 0 spiro atoms. The van der Waals surface area contributed by atoms with Crippen LogP contribution in [0.5, 0.6) is 5.75 Å². The van der Waals surface area contributed by atoms with Gasteiger partial charge >= 0.3 is 23.1 Å². The van der Waals surface area contributed by atoms with Gasteiger partial charge in [-0.1, -0.05) is 25.8 Å². The molecule has 0 bridgehead atoms. The average Bonchev–Trinajstić information content (AvgIpc) is 2.18. The second-order valence-corrected chi connectivity index (χ2v) is 3.05. The van der Waals surface area contributed by atoms with Crippen LogP contribution >= 0.6 is 0 Å². The fourth-order valence-corrected chi connectivity index (χ4v) is 1.05. The van der Waals surface area contributed by atoms with Crippen LogP contribution in [0.3, 0.4) is 0 Å². The van der Waals surface area contributed by atoms with Gasteiger partial charge < -0.3 is 21.7 Å². The Morgan fingerprint density at radius 3 is 2.50 bits per heavy atom. The summed E-state index contributed by atoms with van der Waals surface area (Å²) in [7, 11) is 0. The molecule has 1 nitrogen and oxygen atoms in total. The van der Waals surface area contributed by atoms with Crippen molar-refractivity contribution in [1.29, 1.82) is 0 Å². The molecule has 0 aliphatic rings. The molecular weight excluding hydrogens is 290 g/mol. The largest absolute Gasteiger partial charge is 2.00 e. The molecule has 0 saturated heterocycles. The van der Waals surface area contributed by atoms with E-state index in [1.807, 2.05) is 0 Å². The van der Waals surface area contributed by atoms with Crippen LogP contribution in [-0.4, -0.2) is 29.7 Å². The summed E-state index contributed by atoms with van der Waals surface area (Å²) in [6, 6.07) is 4.48. The van der Waals surface area contributed by atoms with E-state index in [4.69, 9.17) is 4.74 Å². The summed E-state index contributed by atoms with van der Waals surface area (Å²) >= 11 is 0. The third kappa shape index (κ3) is 6.65. The fraction of sp³-hybridized carbons (Fsp3) is 0.455. The first kappa shape index (κ1) is 18.5. The third-order valence-corrected chi connectivity index (χ3v) is 1.83. The minimum absolute atomic E-state index is 0. The summed E-state index contributed by atoms with van der Waals surface area (Å²) in [5.41, 5.74) is 0. The van der Waals surface area contributed by atoms with Crippen molar-refractivity contribution in [2.75, 3.05) is 6.61 Å². The van der Waals surface area contributed by atoms with E-state index < -0.39 is 11.6 Å². The standard InChI is InChI=1S/C11H13F2O.BrH.Mg/c1-2-3-4-7-14-9-5-6-10(12)11(13)8-9;;/h6,8H,2-4,7H2,1H3;1H;/q-1;;+2/p-1. The van der Waals surface area contributed by atoms with E-state index >= 15 is 0 Å². The van der Waals surface area contributed by atoms with Gasteiger partial charge in [-0.25, -0.2) is 4.39 Å². The number of hydrogen-bond donors (Lipinski definition) is 0. The van der Waals surface area contributed by atoms with Gasteiger partial charge in [0.2, 0.25) is 0 Å². The summed E-state index contributed by atoms with van der Waals surface area (Å²) in [6.07, 6.45) is 3.10. The van der Waals surface area contributed by atoms with Crippen molar-refractivity contribution in [3.8, 4) is 5.75 Å². The quantitative estimate of drug-likeness (QED) is 0.421. The average molecular weight is 303 g/mol. The van der Waals surface area contributed by atoms with E-state index in [1.54, 1.807) is 0 Å². The first-order valence-electron chi connectivity index (χ1n) is 4.73. The van der Waals surface area contributed by atoms with Gasteiger partial charge in [-0.3, -0.25) is 4.39 Å². The molecule has 1 rings (SSSR count). The van der Waals surface area contributed by atoms with Crippen LogP contribution in [0.15, 0.2) is 12.1 Å². The van der Waals surface area contributed by atoms with E-state index in [0.29, 0.717) is 6.61 Å². The van der Waals surface area contributed by atoms with Crippen LogP contribution in [0.2, 0.25) is 0 Å². The maximum atomic E-state index is 12.7. The zero-order valence-corrected chi connectivity index (χ0v) is 12.2. The van der Waals surface area contributed by atoms with E-state index in [-0.39, 0.29) is 45.8 Å². The molecule has 0 aliphatic heterocycles. The zero-order chi connectivity index (χ0) is 10.4. The first-order chi connectivity index (χ1) is 6.74. The summed E-state index contributed by atoms with van der Waals surface area (Å²) in [5.74, 6) is -1.53. The Morgan fingerprint density at radius 1 is 1.25 bits per heavy atom. The van der Waals surface area contributed by atoms with Crippen LogP contribution < -0.4 is 21.7 Å². The third-order valence-electron chi connectivity index (χ3n) is 1.83. The van der Waals surface area contributed by atoms with Gasteiger partial charge in [0.15, 0.2) is 0 Å². The second-order valence-electron chi connectivity index (χ2n) is 3.05. The van der Waals surface area contributed by atoms with Gasteiger partial charge in [-0.05, 0) is 6.42 Å². The molecule has 1 aromatic rings. The fourth-order valence-electron chi connectivity index (χ4n) is 1.05. The van der Waals surface area contributed by atoms with Crippen molar-refractivity contribution in [2.24, 2.45) is 0 Å². The molecule has 86 valence electrons. The number of ether oxygens (including phenoxy) is 1. The van der Waals surface area contributed by atoms with Gasteiger partial charge in [0.25, 0.3) is 0 Å². The van der Waals surface area contributed by atoms with Crippen molar-refractivity contribution in [3.05, 3.63) is 29.8 Å². The molecule has 0 radical (unpaired) electrons. The molecule has 5 heteroatoms. The van der Waals surface area contributed by atoms with Crippen molar-refractivity contribution in [1.82, 2.24) is 0 Å². The van der Waals surface area contributed by atoms with Gasteiger partial charge in [0, 0.05) is 11.6 Å². The van der Waals surface area contributed by atoms with Crippen molar-refractivity contribution < 1.29 is 30.5 Å². The van der Waals surface area contributed by atoms with Crippen molar-refractivity contribution in [2.45, 2.75) is 26.2 Å². The van der Waals surface area contributed by atoms with Gasteiger partial charge in [-0.15, -0.1) is 12.1 Å². The SMILES string of the molecule is CCCCCOc1[c-]cc(F)c(F)c1.[Br-].[Mg+2]. The first-order valence-corrected chi connectivity index (χ1v) is 4.73. The predicted molar refractivity (Wildman–Crippen MR) is 56.0 cm³/mol. The van der Waals surface area contributed by atoms with E-state index in [9.17, 15) is 8.78 Å². The molecule has 0 unspecified atom stereocenters. The van der Waals surface area contributed by atoms with Crippen LogP contribution in [0.25, 0.3) is 0 Å². The summed E-state index contributed by atoms with van der Waals surface area (Å²) in [4.78, 5) is 0. The van der Waals surface area contributed by atoms with Crippen molar-refractivity contribution >= 4 is 23.1 Å². The minimum Gasteiger partial charge on any atom is -1.00 e. The molecule has 0 amide bonds. The minimum atomic E-state index is -0.897. The van der Waals surface area contributed by atoms with Crippen LogP contribution in [0, 0.1) is 17.7 Å². The number of rotatable bonds is 5. The molecule has 1 aromatic carbocycles. The molecule has 0 aliphatic carbocycles. The molecule has 0 heterocycles. The Labute approximate surface area is 121 Å². The molecule has 0 atom stereocenters. The monoisotopic (exact) mass is 302 g/mol. The molecule has 0 saturated carbocycles. The van der Waals surface area contributed by atoms with Crippen LogP contribution in [0.4, 0.5) is 8.78 Å². The van der Waals surface area contributed by atoms with Crippen LogP contribution in [0.1, 0.15) is 26.2 Å². The van der Waals surface area contributed by atoms with E-state index in [1.165, 1.54) is 0 Å². The van der Waals surface area contributed by atoms with Gasteiger partial charge in [-0.2, -0.15) is 0 Å². The molecule has 0 N–H and O–H groups in total. The smallest absolute Gasteiger partial charge is 1.00 e. The maximum absolute atomic E-state index is 12.7. The van der Waals surface area contributed by atoms with Gasteiger partial charge in [0.05, 0.1) is 12.4 Å². The Bertz CT molecular complexity index is 297. The Hall–Kier alpha value is 0.126. The Morgan fingerprint density at radius 2 is 1.94 bits per heavy atom. The maximum Gasteiger partial charge on any atom is 2.00 e. The van der Waals surface area contributed by atoms with Gasteiger partial charge in [0.1, 0.15) is 0 Å². The van der Waals surface area contributed by atoms with Crippen molar-refractivity contribution in [3.63, 3.8) is 0 Å². The van der Waals surface area contributed by atoms with E-state index in [2.05, 4.69) is 13.0 Å². The number of hydrogen-bond acceptors (Lipinski definition) is 1. The second kappa shape index (κ2) is 10.3. The summed E-state index contributed by atoms with van der Waals surface area (Å²) in [6.45, 7) is 2.61. The normalized spacial score (nSPS) is 8.94. The molecular formula is C11H13BrF2MgO. The summed E-state index contributed by atoms with van der Waals surface area (Å²) in [5, 5.41) is 0.